The molecule has 4 rings (SSSR count). The predicted molar refractivity (Wildman–Crippen MR) is 146 cm³/mol. The number of ether oxygens (including phenoxy) is 2. The highest BCUT2D eigenvalue weighted by atomic mass is 16.5. The van der Waals surface area contributed by atoms with Crippen LogP contribution in [0.4, 0.5) is 0 Å². The number of para-hydroxylation sites is 1. The summed E-state index contributed by atoms with van der Waals surface area (Å²) >= 11 is 0. The van der Waals surface area contributed by atoms with E-state index >= 15 is 0 Å². The van der Waals surface area contributed by atoms with Crippen LogP contribution in [-0.2, 0) is 16.0 Å². The van der Waals surface area contributed by atoms with Crippen molar-refractivity contribution in [1.29, 1.82) is 0 Å². The molecule has 2 aliphatic heterocycles. The summed E-state index contributed by atoms with van der Waals surface area (Å²) in [6, 6.07) is 15.6. The quantitative estimate of drug-likeness (QED) is 0.428. The maximum absolute atomic E-state index is 13.4. The molecule has 0 fully saturated rings. The van der Waals surface area contributed by atoms with Crippen LogP contribution in [0, 0.1) is 0 Å². The third-order valence-corrected chi connectivity index (χ3v) is 6.65. The van der Waals surface area contributed by atoms with Crippen molar-refractivity contribution in [2.75, 3.05) is 20.2 Å². The van der Waals surface area contributed by atoms with Gasteiger partial charge in [-0.05, 0) is 42.7 Å². The molecule has 1 N–H and O–H groups in total. The van der Waals surface area contributed by atoms with Gasteiger partial charge in [0.05, 0.1) is 12.3 Å². The summed E-state index contributed by atoms with van der Waals surface area (Å²) < 4.78 is 11.6. The van der Waals surface area contributed by atoms with E-state index in [1.807, 2.05) is 37.4 Å². The van der Waals surface area contributed by atoms with Crippen molar-refractivity contribution in [1.82, 2.24) is 9.91 Å². The SMILES string of the molecule is CCCC1=NN(C)C2C(=O)N(CCOc3ccc(CC(Oc4ccccc4)C(=O)O)cc3)C(CCC)=NC12. The lowest BCUT2D eigenvalue weighted by molar-refractivity contribution is -0.145. The summed E-state index contributed by atoms with van der Waals surface area (Å²) in [4.78, 5) is 31.9. The number of aliphatic carboxylic acids is 1. The molecule has 0 bridgehead atoms. The zero-order chi connectivity index (χ0) is 27.1. The van der Waals surface area contributed by atoms with Gasteiger partial charge < -0.3 is 14.6 Å². The Morgan fingerprint density at radius 1 is 1.03 bits per heavy atom. The Labute approximate surface area is 223 Å². The first-order valence-electron chi connectivity index (χ1n) is 13.3. The van der Waals surface area contributed by atoms with E-state index in [1.54, 1.807) is 34.2 Å². The molecule has 0 saturated carbocycles. The van der Waals surface area contributed by atoms with Crippen molar-refractivity contribution >= 4 is 23.4 Å². The summed E-state index contributed by atoms with van der Waals surface area (Å²) in [7, 11) is 1.84. The normalized spacial score (nSPS) is 19.5. The number of hydrogen-bond acceptors (Lipinski definition) is 7. The summed E-state index contributed by atoms with van der Waals surface area (Å²) in [6.07, 6.45) is 2.65. The van der Waals surface area contributed by atoms with Crippen molar-refractivity contribution in [2.24, 2.45) is 10.1 Å². The topological polar surface area (TPSA) is 104 Å². The first-order chi connectivity index (χ1) is 18.4. The van der Waals surface area contributed by atoms with Gasteiger partial charge in [-0.15, -0.1) is 0 Å². The molecule has 0 radical (unpaired) electrons. The number of benzene rings is 2. The number of fused-ring (bicyclic) bond motifs is 1. The fraction of sp³-hybridized carbons (Fsp3) is 0.448. The van der Waals surface area contributed by atoms with Crippen molar-refractivity contribution in [3.63, 3.8) is 0 Å². The highest BCUT2D eigenvalue weighted by Gasteiger charge is 2.46. The molecule has 0 saturated heterocycles. The van der Waals surface area contributed by atoms with Gasteiger partial charge in [0.15, 0.2) is 12.1 Å². The van der Waals surface area contributed by atoms with Gasteiger partial charge in [0.1, 0.15) is 30.0 Å². The number of carbonyl (C=O) groups excluding carboxylic acids is 1. The van der Waals surface area contributed by atoms with Crippen LogP contribution in [0.25, 0.3) is 0 Å². The highest BCUT2D eigenvalue weighted by molar-refractivity contribution is 6.09. The third kappa shape index (κ3) is 6.33. The van der Waals surface area contributed by atoms with Gasteiger partial charge in [0, 0.05) is 19.9 Å². The first kappa shape index (κ1) is 27.2. The van der Waals surface area contributed by atoms with Crippen LogP contribution >= 0.6 is 0 Å². The molecule has 3 atom stereocenters. The minimum absolute atomic E-state index is 0.0166. The minimum Gasteiger partial charge on any atom is -0.492 e. The van der Waals surface area contributed by atoms with Gasteiger partial charge in [-0.1, -0.05) is 50.6 Å². The minimum atomic E-state index is -1.02. The number of amides is 1. The van der Waals surface area contributed by atoms with E-state index in [4.69, 9.17) is 14.5 Å². The standard InChI is InChI=1S/C29H36N4O5/c1-4-9-23-26-27(32(3)31-23)28(34)33(25(30-26)10-5-2)17-18-37-21-15-13-20(14-16-21)19-24(29(35)36)38-22-11-7-6-8-12-22/h6-8,11-16,24,26-27H,4-5,9-10,17-19H2,1-3H3,(H,35,36). The average Bonchev–Trinajstić information content (AvgIpc) is 3.22. The predicted octanol–water partition coefficient (Wildman–Crippen LogP) is 4.02. The molecule has 2 aromatic carbocycles. The summed E-state index contributed by atoms with van der Waals surface area (Å²) in [5.74, 6) is 0.957. The van der Waals surface area contributed by atoms with Crippen LogP contribution in [0.3, 0.4) is 0 Å². The molecule has 2 heterocycles. The molecule has 3 unspecified atom stereocenters. The summed E-state index contributed by atoms with van der Waals surface area (Å²) in [5, 5.41) is 15.9. The number of hydrazone groups is 1. The second kappa shape index (κ2) is 12.6. The molecule has 2 aromatic rings. The van der Waals surface area contributed by atoms with Crippen LogP contribution in [0.5, 0.6) is 11.5 Å². The Kier molecular flexibility index (Phi) is 8.99. The van der Waals surface area contributed by atoms with E-state index in [1.165, 1.54) is 0 Å². The van der Waals surface area contributed by atoms with Crippen LogP contribution in [-0.4, -0.2) is 76.8 Å². The van der Waals surface area contributed by atoms with Crippen LogP contribution in [0.15, 0.2) is 64.7 Å². The molecular formula is C29H36N4O5. The lowest BCUT2D eigenvalue weighted by Crippen LogP contribution is -2.56. The lowest BCUT2D eigenvalue weighted by Gasteiger charge is -2.35. The van der Waals surface area contributed by atoms with E-state index in [-0.39, 0.29) is 18.4 Å². The molecule has 0 spiro atoms. The molecule has 0 aromatic heterocycles. The summed E-state index contributed by atoms with van der Waals surface area (Å²) in [6.45, 7) is 4.89. The lowest BCUT2D eigenvalue weighted by atomic mass is 9.98. The molecule has 202 valence electrons. The molecule has 38 heavy (non-hydrogen) atoms. The molecule has 9 nitrogen and oxygen atoms in total. The van der Waals surface area contributed by atoms with Gasteiger partial charge in [-0.3, -0.25) is 19.7 Å². The first-order valence-corrected chi connectivity index (χ1v) is 13.3. The van der Waals surface area contributed by atoms with Crippen molar-refractivity contribution in [3.05, 3.63) is 60.2 Å². The number of amidine groups is 1. The zero-order valence-electron chi connectivity index (χ0n) is 22.2. The molecular weight excluding hydrogens is 484 g/mol. The monoisotopic (exact) mass is 520 g/mol. The molecule has 1 amide bonds. The Morgan fingerprint density at radius 3 is 2.39 bits per heavy atom. The van der Waals surface area contributed by atoms with E-state index < -0.39 is 18.1 Å². The number of aliphatic imine (C=N–C) groups is 1. The third-order valence-electron chi connectivity index (χ3n) is 6.65. The second-order valence-corrected chi connectivity index (χ2v) is 9.54. The number of nitrogens with zero attached hydrogens (tertiary/aromatic N) is 4. The largest absolute Gasteiger partial charge is 0.492 e. The smallest absolute Gasteiger partial charge is 0.345 e. The van der Waals surface area contributed by atoms with Gasteiger partial charge >= 0.3 is 5.97 Å². The Hall–Kier alpha value is -3.88. The maximum Gasteiger partial charge on any atom is 0.345 e. The Balaban J connectivity index is 1.35. The molecule has 2 aliphatic rings. The van der Waals surface area contributed by atoms with Crippen LogP contribution < -0.4 is 9.47 Å². The maximum atomic E-state index is 13.4. The van der Waals surface area contributed by atoms with Gasteiger partial charge in [0.25, 0.3) is 5.91 Å². The molecule has 9 heteroatoms. The number of hydrogen-bond donors (Lipinski definition) is 1. The fourth-order valence-corrected chi connectivity index (χ4v) is 4.82. The van der Waals surface area contributed by atoms with Gasteiger partial charge in [-0.25, -0.2) is 4.79 Å². The van der Waals surface area contributed by atoms with E-state index in [2.05, 4.69) is 18.9 Å². The van der Waals surface area contributed by atoms with Crippen molar-refractivity contribution < 1.29 is 24.2 Å². The van der Waals surface area contributed by atoms with Crippen molar-refractivity contribution in [2.45, 2.75) is 64.1 Å². The number of carboxylic acid groups (broad SMARTS) is 1. The van der Waals surface area contributed by atoms with E-state index in [0.717, 1.165) is 42.8 Å². The number of carboxylic acids is 1. The number of rotatable bonds is 13. The average molecular weight is 521 g/mol. The zero-order valence-corrected chi connectivity index (χ0v) is 22.2. The van der Waals surface area contributed by atoms with E-state index in [0.29, 0.717) is 24.7 Å². The fourth-order valence-electron chi connectivity index (χ4n) is 4.82. The number of likely N-dealkylation sites (N-methyl/N-ethyl adjacent to an activating group) is 1. The molecule has 0 aliphatic carbocycles. The summed E-state index contributed by atoms with van der Waals surface area (Å²) in [5.41, 5.74) is 1.81. The Morgan fingerprint density at radius 2 is 1.74 bits per heavy atom. The Bertz CT molecular complexity index is 1170. The second-order valence-electron chi connectivity index (χ2n) is 9.54. The highest BCUT2D eigenvalue weighted by Crippen LogP contribution is 2.27. The van der Waals surface area contributed by atoms with Crippen LogP contribution in [0.2, 0.25) is 0 Å². The van der Waals surface area contributed by atoms with Gasteiger partial charge in [0.2, 0.25) is 0 Å². The van der Waals surface area contributed by atoms with Crippen molar-refractivity contribution in [3.8, 4) is 11.5 Å². The van der Waals surface area contributed by atoms with Crippen LogP contribution in [0.1, 0.15) is 45.1 Å². The van der Waals surface area contributed by atoms with Gasteiger partial charge in [-0.2, -0.15) is 5.10 Å². The number of carbonyl (C=O) groups is 2. The van der Waals surface area contributed by atoms with E-state index in [9.17, 15) is 14.7 Å².